The van der Waals surface area contributed by atoms with Crippen LogP contribution in [0.4, 0.5) is 14.5 Å². The Morgan fingerprint density at radius 3 is 2.64 bits per heavy atom. The summed E-state index contributed by atoms with van der Waals surface area (Å²) in [6.07, 6.45) is 0. The molecule has 1 heterocycles. The molecule has 5 nitrogen and oxygen atoms in total. The molecule has 0 amide bonds. The number of anilines is 1. The third kappa shape index (κ3) is 4.25. The van der Waals surface area contributed by atoms with Crippen LogP contribution in [0.2, 0.25) is 0 Å². The zero-order valence-electron chi connectivity index (χ0n) is 13.4. The molecular formula is C17H16BrF2NO4. The summed E-state index contributed by atoms with van der Waals surface area (Å²) in [5.41, 5.74) is 1.69. The number of alkyl halides is 2. The van der Waals surface area contributed by atoms with Gasteiger partial charge in [-0.15, -0.1) is 0 Å². The molecule has 8 heteroatoms. The molecule has 134 valence electrons. The molecule has 0 saturated heterocycles. The zero-order valence-corrected chi connectivity index (χ0v) is 14.9. The number of benzene rings is 2. The molecule has 0 saturated carbocycles. The maximum Gasteiger partial charge on any atom is 0.387 e. The number of hydrogen-bond acceptors (Lipinski definition) is 5. The van der Waals surface area contributed by atoms with Gasteiger partial charge in [0.15, 0.2) is 23.0 Å². The van der Waals surface area contributed by atoms with E-state index < -0.39 is 6.61 Å². The van der Waals surface area contributed by atoms with Crippen molar-refractivity contribution in [3.63, 3.8) is 0 Å². The molecule has 0 aromatic heterocycles. The number of rotatable bonds is 6. The van der Waals surface area contributed by atoms with Gasteiger partial charge in [-0.05, 0) is 45.8 Å². The topological polar surface area (TPSA) is 49.0 Å². The molecule has 2 aromatic carbocycles. The highest BCUT2D eigenvalue weighted by Crippen LogP contribution is 2.38. The van der Waals surface area contributed by atoms with Crippen LogP contribution < -0.4 is 24.3 Å². The average Bonchev–Trinajstić information content (AvgIpc) is 2.61. The van der Waals surface area contributed by atoms with Gasteiger partial charge in [0, 0.05) is 18.3 Å². The second-order valence-electron chi connectivity index (χ2n) is 5.20. The minimum absolute atomic E-state index is 0.0272. The van der Waals surface area contributed by atoms with Crippen molar-refractivity contribution in [3.8, 4) is 23.0 Å². The quantitative estimate of drug-likeness (QED) is 0.755. The molecule has 1 aliphatic heterocycles. The van der Waals surface area contributed by atoms with Crippen LogP contribution in [0, 0.1) is 0 Å². The summed E-state index contributed by atoms with van der Waals surface area (Å²) in [4.78, 5) is 0. The fraction of sp³-hybridized carbons (Fsp3) is 0.294. The average molecular weight is 416 g/mol. The number of methoxy groups -OCH3 is 1. The molecule has 1 aliphatic rings. The SMILES string of the molecule is COc1cc(CNc2ccc3c(c2)OCCO3)cc(Br)c1OC(F)F. The molecule has 25 heavy (non-hydrogen) atoms. The van der Waals surface area contributed by atoms with Crippen LogP contribution in [0.15, 0.2) is 34.8 Å². The second kappa shape index (κ2) is 7.77. The Bertz CT molecular complexity index is 758. The molecule has 0 radical (unpaired) electrons. The van der Waals surface area contributed by atoms with E-state index in [2.05, 4.69) is 26.0 Å². The van der Waals surface area contributed by atoms with Gasteiger partial charge >= 0.3 is 6.61 Å². The largest absolute Gasteiger partial charge is 0.493 e. The highest BCUT2D eigenvalue weighted by Gasteiger charge is 2.16. The summed E-state index contributed by atoms with van der Waals surface area (Å²) in [6.45, 7) is -1.40. The van der Waals surface area contributed by atoms with Crippen molar-refractivity contribution in [3.05, 3.63) is 40.4 Å². The first-order chi connectivity index (χ1) is 12.1. The van der Waals surface area contributed by atoms with Crippen molar-refractivity contribution in [2.45, 2.75) is 13.2 Å². The standard InChI is InChI=1S/C17H16BrF2NO4/c1-22-15-7-10(6-12(18)16(15)25-17(19)20)9-21-11-2-3-13-14(8-11)24-5-4-23-13/h2-3,6-8,17,21H,4-5,9H2,1H3. The number of nitrogens with one attached hydrogen (secondary N) is 1. The van der Waals surface area contributed by atoms with Gasteiger partial charge < -0.3 is 24.3 Å². The van der Waals surface area contributed by atoms with E-state index in [9.17, 15) is 8.78 Å². The Morgan fingerprint density at radius 1 is 1.16 bits per heavy atom. The lowest BCUT2D eigenvalue weighted by Crippen LogP contribution is -2.15. The van der Waals surface area contributed by atoms with Gasteiger partial charge in [0.05, 0.1) is 11.6 Å². The maximum absolute atomic E-state index is 12.5. The van der Waals surface area contributed by atoms with E-state index in [-0.39, 0.29) is 11.5 Å². The van der Waals surface area contributed by atoms with Gasteiger partial charge in [-0.1, -0.05) is 0 Å². The van der Waals surface area contributed by atoms with Crippen LogP contribution in [0.1, 0.15) is 5.56 Å². The van der Waals surface area contributed by atoms with Crippen molar-refractivity contribution in [1.29, 1.82) is 0 Å². The summed E-state index contributed by atoms with van der Waals surface area (Å²) in [5.74, 6) is 1.61. The van der Waals surface area contributed by atoms with E-state index in [0.717, 1.165) is 17.0 Å². The van der Waals surface area contributed by atoms with Crippen LogP contribution in [-0.2, 0) is 6.54 Å². The molecule has 3 rings (SSSR count). The van der Waals surface area contributed by atoms with Gasteiger partial charge in [0.25, 0.3) is 0 Å². The van der Waals surface area contributed by atoms with E-state index in [1.54, 1.807) is 12.1 Å². The predicted molar refractivity (Wildman–Crippen MR) is 92.1 cm³/mol. The van der Waals surface area contributed by atoms with E-state index in [0.29, 0.717) is 30.0 Å². The first-order valence-electron chi connectivity index (χ1n) is 7.51. The van der Waals surface area contributed by atoms with Crippen LogP contribution >= 0.6 is 15.9 Å². The normalized spacial score (nSPS) is 12.8. The van der Waals surface area contributed by atoms with Gasteiger partial charge in [-0.25, -0.2) is 0 Å². The highest BCUT2D eigenvalue weighted by atomic mass is 79.9. The van der Waals surface area contributed by atoms with E-state index in [1.165, 1.54) is 7.11 Å². The second-order valence-corrected chi connectivity index (χ2v) is 6.05. The fourth-order valence-corrected chi connectivity index (χ4v) is 3.02. The van der Waals surface area contributed by atoms with Crippen LogP contribution in [0.3, 0.4) is 0 Å². The predicted octanol–water partition coefficient (Wildman–Crippen LogP) is 4.44. The van der Waals surface area contributed by atoms with Gasteiger partial charge in [0.1, 0.15) is 13.2 Å². The minimum atomic E-state index is -2.92. The first kappa shape index (κ1) is 17.6. The van der Waals surface area contributed by atoms with Crippen molar-refractivity contribution in [2.75, 3.05) is 25.6 Å². The van der Waals surface area contributed by atoms with Gasteiger partial charge in [-0.2, -0.15) is 8.78 Å². The summed E-state index contributed by atoms with van der Waals surface area (Å²) in [7, 11) is 1.40. The monoisotopic (exact) mass is 415 g/mol. The van der Waals surface area contributed by atoms with E-state index >= 15 is 0 Å². The van der Waals surface area contributed by atoms with Gasteiger partial charge in [0.2, 0.25) is 0 Å². The van der Waals surface area contributed by atoms with Crippen LogP contribution in [-0.4, -0.2) is 26.9 Å². The van der Waals surface area contributed by atoms with Crippen molar-refractivity contribution >= 4 is 21.6 Å². The lowest BCUT2D eigenvalue weighted by molar-refractivity contribution is -0.0517. The summed E-state index contributed by atoms with van der Waals surface area (Å²) >= 11 is 3.24. The summed E-state index contributed by atoms with van der Waals surface area (Å²) in [6, 6.07) is 8.93. The molecular weight excluding hydrogens is 400 g/mol. The molecule has 0 unspecified atom stereocenters. The third-order valence-electron chi connectivity index (χ3n) is 3.53. The number of halogens is 3. The smallest absolute Gasteiger partial charge is 0.387 e. The lowest BCUT2D eigenvalue weighted by Gasteiger charge is -2.19. The van der Waals surface area contributed by atoms with Gasteiger partial charge in [-0.3, -0.25) is 0 Å². The van der Waals surface area contributed by atoms with Crippen LogP contribution in [0.5, 0.6) is 23.0 Å². The third-order valence-corrected chi connectivity index (χ3v) is 4.12. The lowest BCUT2D eigenvalue weighted by atomic mass is 10.2. The van der Waals surface area contributed by atoms with E-state index in [1.807, 2.05) is 18.2 Å². The molecule has 0 aliphatic carbocycles. The number of hydrogen-bond donors (Lipinski definition) is 1. The Morgan fingerprint density at radius 2 is 1.92 bits per heavy atom. The molecule has 0 bridgehead atoms. The Hall–Kier alpha value is -2.22. The Kier molecular flexibility index (Phi) is 5.47. The molecule has 0 spiro atoms. The maximum atomic E-state index is 12.5. The number of ether oxygens (including phenoxy) is 4. The minimum Gasteiger partial charge on any atom is -0.493 e. The first-order valence-corrected chi connectivity index (χ1v) is 8.31. The Balaban J connectivity index is 1.73. The van der Waals surface area contributed by atoms with Crippen molar-refractivity contribution < 1.29 is 27.7 Å². The fourth-order valence-electron chi connectivity index (χ4n) is 2.44. The van der Waals surface area contributed by atoms with Crippen LogP contribution in [0.25, 0.3) is 0 Å². The van der Waals surface area contributed by atoms with Crippen molar-refractivity contribution in [2.24, 2.45) is 0 Å². The Labute approximate surface area is 152 Å². The molecule has 0 atom stereocenters. The molecule has 2 aromatic rings. The molecule has 0 fully saturated rings. The van der Waals surface area contributed by atoms with E-state index in [4.69, 9.17) is 14.2 Å². The highest BCUT2D eigenvalue weighted by molar-refractivity contribution is 9.10. The summed E-state index contributed by atoms with van der Waals surface area (Å²) < 4.78 is 46.0. The zero-order chi connectivity index (χ0) is 17.8. The molecule has 1 N–H and O–H groups in total. The number of fused-ring (bicyclic) bond motifs is 1. The summed E-state index contributed by atoms with van der Waals surface area (Å²) in [5, 5.41) is 3.25. The van der Waals surface area contributed by atoms with Crippen molar-refractivity contribution in [1.82, 2.24) is 0 Å².